The van der Waals surface area contributed by atoms with Gasteiger partial charge in [0, 0.05) is 6.42 Å². The third-order valence-electron chi connectivity index (χ3n) is 2.75. The number of carboxylic acids is 1. The Balaban J connectivity index is 1.91. The summed E-state index contributed by atoms with van der Waals surface area (Å²) in [4.78, 5) is 14.7. The SMILES string of the molecule is COc1ccc(C2CN=C(CCC(=O)O)O2)cc1. The van der Waals surface area contributed by atoms with Crippen LogP contribution in [0.5, 0.6) is 5.75 Å². The predicted octanol–water partition coefficient (Wildman–Crippen LogP) is 2.03. The lowest BCUT2D eigenvalue weighted by molar-refractivity contribution is -0.136. The molecule has 1 atom stereocenters. The van der Waals surface area contributed by atoms with Gasteiger partial charge in [0.05, 0.1) is 20.1 Å². The average Bonchev–Trinajstić information content (AvgIpc) is 2.85. The number of nitrogens with zero attached hydrogens (tertiary/aromatic N) is 1. The topological polar surface area (TPSA) is 68.1 Å². The third-order valence-corrected chi connectivity index (χ3v) is 2.75. The summed E-state index contributed by atoms with van der Waals surface area (Å²) in [5.74, 6) is 0.483. The van der Waals surface area contributed by atoms with E-state index in [9.17, 15) is 4.79 Å². The summed E-state index contributed by atoms with van der Waals surface area (Å²) in [6.45, 7) is 0.543. The highest BCUT2D eigenvalue weighted by molar-refractivity contribution is 5.81. The van der Waals surface area contributed by atoms with Gasteiger partial charge >= 0.3 is 5.97 Å². The van der Waals surface area contributed by atoms with Crippen LogP contribution >= 0.6 is 0 Å². The van der Waals surface area contributed by atoms with Crippen LogP contribution in [0.15, 0.2) is 29.3 Å². The monoisotopic (exact) mass is 249 g/mol. The summed E-state index contributed by atoms with van der Waals surface area (Å²) in [5, 5.41) is 8.59. The van der Waals surface area contributed by atoms with Crippen LogP contribution in [0.1, 0.15) is 24.5 Å². The number of carbonyl (C=O) groups is 1. The Morgan fingerprint density at radius 1 is 1.50 bits per heavy atom. The van der Waals surface area contributed by atoms with Gasteiger partial charge in [0.2, 0.25) is 0 Å². The van der Waals surface area contributed by atoms with E-state index in [1.165, 1.54) is 0 Å². The van der Waals surface area contributed by atoms with Crippen molar-refractivity contribution in [2.75, 3.05) is 13.7 Å². The molecular weight excluding hydrogens is 234 g/mol. The molecule has 1 aromatic carbocycles. The van der Waals surface area contributed by atoms with E-state index in [-0.39, 0.29) is 12.5 Å². The first-order valence-corrected chi connectivity index (χ1v) is 5.75. The molecule has 0 radical (unpaired) electrons. The molecule has 1 unspecified atom stereocenters. The molecule has 1 heterocycles. The number of ether oxygens (including phenoxy) is 2. The van der Waals surface area contributed by atoms with E-state index in [0.717, 1.165) is 11.3 Å². The highest BCUT2D eigenvalue weighted by Crippen LogP contribution is 2.25. The van der Waals surface area contributed by atoms with Crippen molar-refractivity contribution in [2.45, 2.75) is 18.9 Å². The van der Waals surface area contributed by atoms with Crippen LogP contribution in [-0.4, -0.2) is 30.6 Å². The maximum absolute atomic E-state index is 10.5. The molecule has 1 aliphatic rings. The molecule has 0 bridgehead atoms. The highest BCUT2D eigenvalue weighted by atomic mass is 16.5. The standard InChI is InChI=1S/C13H15NO4/c1-17-10-4-2-9(3-5-10)11-8-14-12(18-11)6-7-13(15)16/h2-5,11H,6-8H2,1H3,(H,15,16). The summed E-state index contributed by atoms with van der Waals surface area (Å²) in [6, 6.07) is 7.60. The normalized spacial score (nSPS) is 18.1. The first-order valence-electron chi connectivity index (χ1n) is 5.75. The number of methoxy groups -OCH3 is 1. The Hall–Kier alpha value is -2.04. The maximum atomic E-state index is 10.5. The Kier molecular flexibility index (Phi) is 3.82. The van der Waals surface area contributed by atoms with E-state index in [1.807, 2.05) is 24.3 Å². The number of hydrogen-bond donors (Lipinski definition) is 1. The van der Waals surface area contributed by atoms with E-state index in [1.54, 1.807) is 7.11 Å². The fourth-order valence-corrected chi connectivity index (χ4v) is 1.77. The smallest absolute Gasteiger partial charge is 0.303 e. The van der Waals surface area contributed by atoms with Crippen LogP contribution in [0.25, 0.3) is 0 Å². The fourth-order valence-electron chi connectivity index (χ4n) is 1.77. The van der Waals surface area contributed by atoms with Gasteiger partial charge in [0.15, 0.2) is 5.90 Å². The fraction of sp³-hybridized carbons (Fsp3) is 0.385. The lowest BCUT2D eigenvalue weighted by atomic mass is 10.1. The molecule has 0 amide bonds. The second-order valence-electron chi connectivity index (χ2n) is 4.01. The minimum Gasteiger partial charge on any atom is -0.497 e. The molecule has 5 heteroatoms. The van der Waals surface area contributed by atoms with Gasteiger partial charge in [-0.25, -0.2) is 0 Å². The Morgan fingerprint density at radius 3 is 2.83 bits per heavy atom. The van der Waals surface area contributed by atoms with Crippen molar-refractivity contribution in [3.63, 3.8) is 0 Å². The van der Waals surface area contributed by atoms with Gasteiger partial charge < -0.3 is 14.6 Å². The van der Waals surface area contributed by atoms with Crippen molar-refractivity contribution in [3.05, 3.63) is 29.8 Å². The summed E-state index contributed by atoms with van der Waals surface area (Å²) in [6.07, 6.45) is 0.288. The Bertz CT molecular complexity index is 453. The molecule has 0 aliphatic carbocycles. The molecule has 2 rings (SSSR count). The minimum absolute atomic E-state index is 0.0498. The lowest BCUT2D eigenvalue weighted by Gasteiger charge is -2.11. The molecular formula is C13H15NO4. The summed E-state index contributed by atoms with van der Waals surface area (Å²) in [5.41, 5.74) is 1.02. The van der Waals surface area contributed by atoms with Gasteiger partial charge in [-0.2, -0.15) is 0 Å². The largest absolute Gasteiger partial charge is 0.497 e. The predicted molar refractivity (Wildman–Crippen MR) is 66.0 cm³/mol. The average molecular weight is 249 g/mol. The van der Waals surface area contributed by atoms with Crippen molar-refractivity contribution in [3.8, 4) is 5.75 Å². The van der Waals surface area contributed by atoms with Crippen LogP contribution in [0, 0.1) is 0 Å². The molecule has 1 aliphatic heterocycles. The Morgan fingerprint density at radius 2 is 2.22 bits per heavy atom. The number of rotatable bonds is 5. The van der Waals surface area contributed by atoms with E-state index in [0.29, 0.717) is 18.9 Å². The minimum atomic E-state index is -0.839. The zero-order valence-corrected chi connectivity index (χ0v) is 10.1. The van der Waals surface area contributed by atoms with Gasteiger partial charge in [0.25, 0.3) is 0 Å². The van der Waals surface area contributed by atoms with Crippen molar-refractivity contribution in [1.29, 1.82) is 0 Å². The summed E-state index contributed by atoms with van der Waals surface area (Å²) < 4.78 is 10.7. The number of aliphatic imine (C=N–C) groups is 1. The molecule has 0 fully saturated rings. The first-order chi connectivity index (χ1) is 8.69. The molecule has 18 heavy (non-hydrogen) atoms. The van der Waals surface area contributed by atoms with Gasteiger partial charge in [-0.05, 0) is 17.7 Å². The van der Waals surface area contributed by atoms with Crippen LogP contribution in [0.3, 0.4) is 0 Å². The summed E-state index contributed by atoms with van der Waals surface area (Å²) in [7, 11) is 1.62. The van der Waals surface area contributed by atoms with E-state index >= 15 is 0 Å². The van der Waals surface area contributed by atoms with E-state index in [2.05, 4.69) is 4.99 Å². The second-order valence-corrected chi connectivity index (χ2v) is 4.01. The molecule has 0 aromatic heterocycles. The van der Waals surface area contributed by atoms with E-state index < -0.39 is 5.97 Å². The van der Waals surface area contributed by atoms with Crippen LogP contribution < -0.4 is 4.74 Å². The van der Waals surface area contributed by atoms with Crippen molar-refractivity contribution in [2.24, 2.45) is 4.99 Å². The van der Waals surface area contributed by atoms with Gasteiger partial charge in [-0.3, -0.25) is 9.79 Å². The second kappa shape index (κ2) is 5.53. The summed E-state index contributed by atoms with van der Waals surface area (Å²) >= 11 is 0. The number of aliphatic carboxylic acids is 1. The van der Waals surface area contributed by atoms with Crippen molar-refractivity contribution < 1.29 is 19.4 Å². The first kappa shape index (κ1) is 12.4. The zero-order valence-electron chi connectivity index (χ0n) is 10.1. The number of benzene rings is 1. The molecule has 0 saturated heterocycles. The van der Waals surface area contributed by atoms with Crippen LogP contribution in [0.4, 0.5) is 0 Å². The Labute approximate surface area is 105 Å². The molecule has 5 nitrogen and oxygen atoms in total. The molecule has 96 valence electrons. The third kappa shape index (κ3) is 3.00. The van der Waals surface area contributed by atoms with Crippen LogP contribution in [0.2, 0.25) is 0 Å². The van der Waals surface area contributed by atoms with Crippen molar-refractivity contribution in [1.82, 2.24) is 0 Å². The van der Waals surface area contributed by atoms with Gasteiger partial charge in [-0.1, -0.05) is 12.1 Å². The quantitative estimate of drug-likeness (QED) is 0.867. The van der Waals surface area contributed by atoms with Gasteiger partial charge in [-0.15, -0.1) is 0 Å². The van der Waals surface area contributed by atoms with Gasteiger partial charge in [0.1, 0.15) is 11.9 Å². The zero-order chi connectivity index (χ0) is 13.0. The number of hydrogen-bond acceptors (Lipinski definition) is 4. The highest BCUT2D eigenvalue weighted by Gasteiger charge is 2.21. The van der Waals surface area contributed by atoms with E-state index in [4.69, 9.17) is 14.6 Å². The van der Waals surface area contributed by atoms with Crippen LogP contribution in [-0.2, 0) is 9.53 Å². The molecule has 0 spiro atoms. The van der Waals surface area contributed by atoms with Crippen molar-refractivity contribution >= 4 is 11.9 Å². The molecule has 1 N–H and O–H groups in total. The molecule has 0 saturated carbocycles. The molecule has 1 aromatic rings. The maximum Gasteiger partial charge on any atom is 0.303 e. The lowest BCUT2D eigenvalue weighted by Crippen LogP contribution is -2.07. The number of carboxylic acid groups (broad SMARTS) is 1.